The molecule has 0 saturated carbocycles. The molecule has 0 unspecified atom stereocenters. The quantitative estimate of drug-likeness (QED) is 0.575. The second-order valence-electron chi connectivity index (χ2n) is 4.50. The van der Waals surface area contributed by atoms with E-state index in [-0.39, 0.29) is 11.4 Å². The standard InChI is InChI=1S/C13H8N6O4/c20-18(21)10-4-9(5-11(6-10)19(22)23)13-15-12(16-17-13)8-2-1-3-14-7-8/h1-7H,(H,15,16,17). The Morgan fingerprint density at radius 1 is 1.00 bits per heavy atom. The molecule has 0 aliphatic heterocycles. The van der Waals surface area contributed by atoms with E-state index in [1.165, 1.54) is 12.1 Å². The number of pyridine rings is 1. The fraction of sp³-hybridized carbons (Fsp3) is 0. The molecule has 1 N–H and O–H groups in total. The van der Waals surface area contributed by atoms with Gasteiger partial charge in [-0.05, 0) is 12.1 Å². The van der Waals surface area contributed by atoms with E-state index in [1.807, 2.05) is 0 Å². The topological polar surface area (TPSA) is 141 Å². The SMILES string of the molecule is O=[N+]([O-])c1cc(-c2n[nH]c(-c3cccnc3)n2)cc([N+](=O)[O-])c1. The third-order valence-corrected chi connectivity index (χ3v) is 3.00. The molecule has 3 rings (SSSR count). The van der Waals surface area contributed by atoms with Crippen molar-refractivity contribution in [3.63, 3.8) is 0 Å². The van der Waals surface area contributed by atoms with E-state index < -0.39 is 21.2 Å². The van der Waals surface area contributed by atoms with Gasteiger partial charge in [0.2, 0.25) is 0 Å². The van der Waals surface area contributed by atoms with Crippen LogP contribution in [0, 0.1) is 20.2 Å². The predicted molar refractivity (Wildman–Crippen MR) is 78.4 cm³/mol. The largest absolute Gasteiger partial charge is 0.277 e. The molecule has 2 aromatic heterocycles. The highest BCUT2D eigenvalue weighted by Crippen LogP contribution is 2.28. The van der Waals surface area contributed by atoms with E-state index in [0.717, 1.165) is 6.07 Å². The van der Waals surface area contributed by atoms with Gasteiger partial charge in [0.1, 0.15) is 0 Å². The summed E-state index contributed by atoms with van der Waals surface area (Å²) in [5.41, 5.74) is 0.0485. The normalized spacial score (nSPS) is 10.4. The number of hydrogen-bond donors (Lipinski definition) is 1. The molecule has 0 aliphatic carbocycles. The zero-order valence-corrected chi connectivity index (χ0v) is 11.4. The van der Waals surface area contributed by atoms with Crippen molar-refractivity contribution in [2.24, 2.45) is 0 Å². The number of rotatable bonds is 4. The lowest BCUT2D eigenvalue weighted by atomic mass is 10.1. The van der Waals surface area contributed by atoms with E-state index in [2.05, 4.69) is 20.2 Å². The van der Waals surface area contributed by atoms with Crippen molar-refractivity contribution in [2.75, 3.05) is 0 Å². The summed E-state index contributed by atoms with van der Waals surface area (Å²) >= 11 is 0. The van der Waals surface area contributed by atoms with Gasteiger partial charge in [-0.2, -0.15) is 5.10 Å². The summed E-state index contributed by atoms with van der Waals surface area (Å²) in [6, 6.07) is 6.73. The number of aromatic nitrogens is 4. The summed E-state index contributed by atoms with van der Waals surface area (Å²) in [5.74, 6) is 0.526. The Labute approximate surface area is 128 Å². The molecular weight excluding hydrogens is 304 g/mol. The second-order valence-corrected chi connectivity index (χ2v) is 4.50. The fourth-order valence-electron chi connectivity index (χ4n) is 1.96. The molecule has 0 radical (unpaired) electrons. The van der Waals surface area contributed by atoms with Crippen LogP contribution in [0.3, 0.4) is 0 Å². The van der Waals surface area contributed by atoms with Gasteiger partial charge in [-0.3, -0.25) is 30.3 Å². The van der Waals surface area contributed by atoms with Gasteiger partial charge in [-0.25, -0.2) is 4.98 Å². The molecule has 0 fully saturated rings. The molecule has 23 heavy (non-hydrogen) atoms. The predicted octanol–water partition coefficient (Wildman–Crippen LogP) is 2.35. The van der Waals surface area contributed by atoms with E-state index in [9.17, 15) is 20.2 Å². The van der Waals surface area contributed by atoms with Gasteiger partial charge in [0.15, 0.2) is 11.6 Å². The summed E-state index contributed by atoms with van der Waals surface area (Å²) in [7, 11) is 0. The fourth-order valence-corrected chi connectivity index (χ4v) is 1.96. The van der Waals surface area contributed by atoms with Crippen LogP contribution in [0.2, 0.25) is 0 Å². The van der Waals surface area contributed by atoms with Gasteiger partial charge in [-0.15, -0.1) is 0 Å². The van der Waals surface area contributed by atoms with Crippen molar-refractivity contribution in [2.45, 2.75) is 0 Å². The van der Waals surface area contributed by atoms with Crippen LogP contribution in [0.15, 0.2) is 42.7 Å². The van der Waals surface area contributed by atoms with Gasteiger partial charge in [0.25, 0.3) is 11.4 Å². The molecule has 2 heterocycles. The second kappa shape index (κ2) is 5.60. The molecule has 10 heteroatoms. The van der Waals surface area contributed by atoms with Crippen LogP contribution in [0.1, 0.15) is 0 Å². The Balaban J connectivity index is 2.07. The van der Waals surface area contributed by atoms with Crippen molar-refractivity contribution in [3.05, 3.63) is 63.0 Å². The zero-order chi connectivity index (χ0) is 16.4. The summed E-state index contributed by atoms with van der Waals surface area (Å²) in [6.07, 6.45) is 3.17. The third-order valence-electron chi connectivity index (χ3n) is 3.00. The Bertz CT molecular complexity index is 860. The Morgan fingerprint density at radius 2 is 1.70 bits per heavy atom. The van der Waals surface area contributed by atoms with Crippen LogP contribution in [-0.4, -0.2) is 30.0 Å². The number of nitrogens with one attached hydrogen (secondary N) is 1. The molecule has 1 aromatic carbocycles. The van der Waals surface area contributed by atoms with Crippen molar-refractivity contribution >= 4 is 11.4 Å². The van der Waals surface area contributed by atoms with Crippen molar-refractivity contribution < 1.29 is 9.85 Å². The first-order chi connectivity index (χ1) is 11.0. The first-order valence-electron chi connectivity index (χ1n) is 6.31. The zero-order valence-electron chi connectivity index (χ0n) is 11.4. The number of aromatic amines is 1. The number of benzene rings is 1. The summed E-state index contributed by atoms with van der Waals surface area (Å²) < 4.78 is 0. The van der Waals surface area contributed by atoms with Crippen molar-refractivity contribution in [1.82, 2.24) is 20.2 Å². The highest BCUT2D eigenvalue weighted by Gasteiger charge is 2.19. The Hall–Kier alpha value is -3.69. The van der Waals surface area contributed by atoms with Crippen LogP contribution in [-0.2, 0) is 0 Å². The molecule has 0 atom stereocenters. The third kappa shape index (κ3) is 2.85. The van der Waals surface area contributed by atoms with Crippen molar-refractivity contribution in [3.8, 4) is 22.8 Å². The van der Waals surface area contributed by atoms with E-state index in [1.54, 1.807) is 24.5 Å². The number of nitrogens with zero attached hydrogens (tertiary/aromatic N) is 5. The molecule has 0 saturated heterocycles. The average molecular weight is 312 g/mol. The van der Waals surface area contributed by atoms with Crippen LogP contribution in [0.4, 0.5) is 11.4 Å². The number of H-pyrrole nitrogens is 1. The Kier molecular flexibility index (Phi) is 3.47. The van der Waals surface area contributed by atoms with E-state index >= 15 is 0 Å². The summed E-state index contributed by atoms with van der Waals surface area (Å²) in [5, 5.41) is 28.5. The number of nitro groups is 2. The molecular formula is C13H8N6O4. The molecule has 3 aromatic rings. The monoisotopic (exact) mass is 312 g/mol. The molecule has 0 spiro atoms. The van der Waals surface area contributed by atoms with Gasteiger partial charge < -0.3 is 0 Å². The molecule has 0 bridgehead atoms. The number of non-ortho nitro benzene ring substituents is 2. The summed E-state index contributed by atoms with van der Waals surface area (Å²) in [4.78, 5) is 28.6. The van der Waals surface area contributed by atoms with Crippen LogP contribution in [0.25, 0.3) is 22.8 Å². The summed E-state index contributed by atoms with van der Waals surface area (Å²) in [6.45, 7) is 0. The van der Waals surface area contributed by atoms with Gasteiger partial charge in [-0.1, -0.05) is 0 Å². The highest BCUT2D eigenvalue weighted by atomic mass is 16.6. The van der Waals surface area contributed by atoms with E-state index in [0.29, 0.717) is 11.4 Å². The lowest BCUT2D eigenvalue weighted by Crippen LogP contribution is -1.94. The molecule has 114 valence electrons. The van der Waals surface area contributed by atoms with Crippen LogP contribution >= 0.6 is 0 Å². The first kappa shape index (κ1) is 14.3. The van der Waals surface area contributed by atoms with Gasteiger partial charge in [0.05, 0.1) is 15.9 Å². The average Bonchev–Trinajstić information content (AvgIpc) is 3.05. The van der Waals surface area contributed by atoms with E-state index in [4.69, 9.17) is 0 Å². The first-order valence-corrected chi connectivity index (χ1v) is 6.31. The lowest BCUT2D eigenvalue weighted by Gasteiger charge is -1.97. The Morgan fingerprint density at radius 3 is 2.26 bits per heavy atom. The van der Waals surface area contributed by atoms with Gasteiger partial charge >= 0.3 is 0 Å². The number of hydrogen-bond acceptors (Lipinski definition) is 7. The van der Waals surface area contributed by atoms with Gasteiger partial charge in [0, 0.05) is 35.7 Å². The maximum atomic E-state index is 10.9. The minimum absolute atomic E-state index is 0.121. The molecule has 0 amide bonds. The van der Waals surface area contributed by atoms with Crippen molar-refractivity contribution in [1.29, 1.82) is 0 Å². The van der Waals surface area contributed by atoms with Crippen LogP contribution in [0.5, 0.6) is 0 Å². The lowest BCUT2D eigenvalue weighted by molar-refractivity contribution is -0.394. The number of nitro benzene ring substituents is 2. The highest BCUT2D eigenvalue weighted by molar-refractivity contribution is 5.66. The minimum Gasteiger partial charge on any atom is -0.264 e. The smallest absolute Gasteiger partial charge is 0.264 e. The maximum absolute atomic E-state index is 10.9. The minimum atomic E-state index is -0.703. The van der Waals surface area contributed by atoms with Crippen LogP contribution < -0.4 is 0 Å². The molecule has 0 aliphatic rings. The molecule has 10 nitrogen and oxygen atoms in total. The maximum Gasteiger partial charge on any atom is 0.277 e.